The molecule has 14 nitrogen and oxygen atoms in total. The van der Waals surface area contributed by atoms with E-state index < -0.39 is 51.3 Å². The number of hydrogen-bond acceptors (Lipinski definition) is 9. The topological polar surface area (TPSA) is 193 Å². The summed E-state index contributed by atoms with van der Waals surface area (Å²) >= 11 is 1.16. The molecule has 1 atom stereocenters. The van der Waals surface area contributed by atoms with Crippen molar-refractivity contribution in [1.82, 2.24) is 20.7 Å². The van der Waals surface area contributed by atoms with Crippen LogP contribution in [0.15, 0.2) is 88.8 Å². The number of sulfonamides is 1. The number of amides is 4. The number of anilines is 1. The Kier molecular flexibility index (Phi) is 14.4. The van der Waals surface area contributed by atoms with Gasteiger partial charge in [-0.05, 0) is 109 Å². The molecule has 57 heavy (non-hydrogen) atoms. The number of rotatable bonds is 11. The first kappa shape index (κ1) is 44.1. The van der Waals surface area contributed by atoms with Crippen LogP contribution < -0.4 is 26.0 Å². The second-order valence-electron chi connectivity index (χ2n) is 15.2. The summed E-state index contributed by atoms with van der Waals surface area (Å²) in [5.74, 6) is -1.56. The molecule has 0 saturated heterocycles. The van der Waals surface area contributed by atoms with Crippen LogP contribution in [0.4, 0.5) is 15.3 Å². The van der Waals surface area contributed by atoms with Gasteiger partial charge in [-0.2, -0.15) is 4.72 Å². The molecule has 1 unspecified atom stereocenters. The van der Waals surface area contributed by atoms with E-state index in [1.165, 1.54) is 0 Å². The van der Waals surface area contributed by atoms with E-state index in [1.807, 2.05) is 43.3 Å². The number of aryl methyl sites for hydroxylation is 3. The van der Waals surface area contributed by atoms with Crippen molar-refractivity contribution < 1.29 is 37.1 Å². The normalized spacial score (nSPS) is 12.6. The van der Waals surface area contributed by atoms with E-state index in [2.05, 4.69) is 31.0 Å². The van der Waals surface area contributed by atoms with E-state index in [1.54, 1.807) is 97.9 Å². The number of esters is 1. The number of guanidine groups is 1. The Balaban J connectivity index is 1.50. The molecule has 4 aromatic rings. The summed E-state index contributed by atoms with van der Waals surface area (Å²) in [5, 5.41) is 10.9. The molecule has 0 saturated carbocycles. The highest BCUT2D eigenvalue weighted by Crippen LogP contribution is 2.30. The Morgan fingerprint density at radius 1 is 0.789 bits per heavy atom. The largest absolute Gasteiger partial charge is 0.459 e. The van der Waals surface area contributed by atoms with Gasteiger partial charge in [0.15, 0.2) is 0 Å². The second-order valence-corrected chi connectivity index (χ2v) is 18.0. The average Bonchev–Trinajstić information content (AvgIpc) is 3.58. The molecule has 16 heteroatoms. The number of carbonyl (C=O) groups is 4. The summed E-state index contributed by atoms with van der Waals surface area (Å²) in [5.41, 5.74) is 2.22. The van der Waals surface area contributed by atoms with Gasteiger partial charge in [-0.15, -0.1) is 16.3 Å². The zero-order valence-electron chi connectivity index (χ0n) is 33.5. The van der Waals surface area contributed by atoms with Gasteiger partial charge in [0.05, 0.1) is 9.77 Å². The highest BCUT2D eigenvalue weighted by Gasteiger charge is 2.32. The number of benzene rings is 3. The van der Waals surface area contributed by atoms with Crippen LogP contribution in [-0.4, -0.2) is 62.2 Å². The van der Waals surface area contributed by atoms with Gasteiger partial charge in [0, 0.05) is 23.7 Å². The number of urea groups is 1. The lowest BCUT2D eigenvalue weighted by molar-refractivity contribution is -0.156. The maximum Gasteiger partial charge on any atom is 0.437 e. The van der Waals surface area contributed by atoms with Gasteiger partial charge in [0.1, 0.15) is 17.2 Å². The number of nitrogens with zero attached hydrogens (tertiary/aromatic N) is 1. The third-order valence-electron chi connectivity index (χ3n) is 7.69. The molecule has 304 valence electrons. The molecule has 0 aliphatic heterocycles. The maximum atomic E-state index is 13.6. The predicted molar refractivity (Wildman–Crippen MR) is 222 cm³/mol. The fourth-order valence-electron chi connectivity index (χ4n) is 5.56. The van der Waals surface area contributed by atoms with E-state index in [0.29, 0.717) is 32.1 Å². The Morgan fingerprint density at radius 3 is 2.07 bits per heavy atom. The zero-order chi connectivity index (χ0) is 42.1. The van der Waals surface area contributed by atoms with Crippen LogP contribution in [-0.2, 0) is 30.8 Å². The Hall–Kier alpha value is -5.58. The molecule has 4 amide bonds. The van der Waals surface area contributed by atoms with Crippen molar-refractivity contribution in [2.75, 3.05) is 11.9 Å². The highest BCUT2D eigenvalue weighted by molar-refractivity contribution is 7.89. The Labute approximate surface area is 337 Å². The van der Waals surface area contributed by atoms with Crippen molar-refractivity contribution in [3.63, 3.8) is 0 Å². The van der Waals surface area contributed by atoms with Crippen molar-refractivity contribution in [3.05, 3.63) is 106 Å². The van der Waals surface area contributed by atoms with E-state index in [-0.39, 0.29) is 23.9 Å². The van der Waals surface area contributed by atoms with Crippen molar-refractivity contribution in [2.45, 2.75) is 91.0 Å². The minimum atomic E-state index is -4.20. The van der Waals surface area contributed by atoms with E-state index in [4.69, 9.17) is 9.47 Å². The molecule has 4 rings (SSSR count). The molecule has 0 fully saturated rings. The van der Waals surface area contributed by atoms with E-state index in [9.17, 15) is 27.6 Å². The van der Waals surface area contributed by atoms with Crippen LogP contribution in [0.1, 0.15) is 73.5 Å². The molecular weight excluding hydrogens is 769 g/mol. The first-order valence-electron chi connectivity index (χ1n) is 18.1. The van der Waals surface area contributed by atoms with Crippen molar-refractivity contribution in [1.29, 1.82) is 0 Å². The molecule has 0 spiro atoms. The van der Waals surface area contributed by atoms with Gasteiger partial charge in [0.2, 0.25) is 16.0 Å². The maximum absolute atomic E-state index is 13.6. The lowest BCUT2D eigenvalue weighted by Crippen LogP contribution is -2.50. The number of aliphatic imine (C=N–C) groups is 1. The number of carbonyl (C=O) groups excluding carboxylic acids is 4. The van der Waals surface area contributed by atoms with Crippen molar-refractivity contribution in [2.24, 2.45) is 4.99 Å². The summed E-state index contributed by atoms with van der Waals surface area (Å²) in [7, 11) is -4.20. The molecule has 0 bridgehead atoms. The van der Waals surface area contributed by atoms with Gasteiger partial charge in [-0.1, -0.05) is 60.2 Å². The lowest BCUT2D eigenvalue weighted by Gasteiger charge is -2.25. The van der Waals surface area contributed by atoms with Gasteiger partial charge in [-0.3, -0.25) is 14.9 Å². The van der Waals surface area contributed by atoms with Gasteiger partial charge in [0.25, 0.3) is 5.91 Å². The molecule has 0 aliphatic carbocycles. The summed E-state index contributed by atoms with van der Waals surface area (Å²) in [6.07, 6.45) is -0.916. The van der Waals surface area contributed by atoms with Crippen LogP contribution in [0.25, 0.3) is 10.4 Å². The van der Waals surface area contributed by atoms with Crippen LogP contribution in [0.2, 0.25) is 0 Å². The molecular formula is C41H50N6O8S2. The first-order valence-corrected chi connectivity index (χ1v) is 20.4. The fraction of sp³-hybridized carbons (Fsp3) is 0.341. The lowest BCUT2D eigenvalue weighted by atomic mass is 10.1. The quantitative estimate of drug-likeness (QED) is 0.0604. The van der Waals surface area contributed by atoms with Crippen LogP contribution in [0.3, 0.4) is 0 Å². The highest BCUT2D eigenvalue weighted by atomic mass is 32.2. The number of thiophene rings is 1. The first-order chi connectivity index (χ1) is 26.6. The summed E-state index contributed by atoms with van der Waals surface area (Å²) in [6.45, 7) is 15.2. The van der Waals surface area contributed by atoms with Crippen LogP contribution in [0, 0.1) is 20.8 Å². The smallest absolute Gasteiger partial charge is 0.437 e. The summed E-state index contributed by atoms with van der Waals surface area (Å²) < 4.78 is 40.5. The molecule has 1 heterocycles. The predicted octanol–water partition coefficient (Wildman–Crippen LogP) is 6.96. The molecule has 3 aromatic carbocycles. The third kappa shape index (κ3) is 13.8. The second kappa shape index (κ2) is 18.6. The standard InChI is InChI=1S/C41H50N6O8S2/c1-25-20-26(2)34(27(3)21-25)57(52,53)47-31(36(49)54-40(4,5)6)24-42-35(48)33-19-18-32(56-33)29-16-13-17-30(22-29)44-37(46-39(51)55-41(7,8)9)45-38(50)43-23-28-14-11-10-12-15-28/h10-22,31,47H,23-24H2,1-9H3,(H,42,48)(H3,43,44,45,46,50,51). The Bertz CT molecular complexity index is 2220. The minimum Gasteiger partial charge on any atom is -0.459 e. The third-order valence-corrected chi connectivity index (χ3v) is 10.6. The Morgan fingerprint density at radius 2 is 1.44 bits per heavy atom. The fourth-order valence-corrected chi connectivity index (χ4v) is 8.12. The number of nitrogens with one attached hydrogen (secondary N) is 5. The molecule has 1 aromatic heterocycles. The summed E-state index contributed by atoms with van der Waals surface area (Å²) in [4.78, 5) is 57.1. The number of ether oxygens (including phenoxy) is 2. The van der Waals surface area contributed by atoms with Gasteiger partial charge < -0.3 is 25.4 Å². The zero-order valence-corrected chi connectivity index (χ0v) is 35.2. The minimum absolute atomic E-state index is 0.0537. The van der Waals surface area contributed by atoms with Gasteiger partial charge >= 0.3 is 18.1 Å². The molecule has 0 aliphatic rings. The van der Waals surface area contributed by atoms with E-state index >= 15 is 0 Å². The van der Waals surface area contributed by atoms with E-state index in [0.717, 1.165) is 22.5 Å². The SMILES string of the molecule is Cc1cc(C)c(S(=O)(=O)NC(CNC(=O)c2ccc(-c3cccc(N/C(=N/C(=O)OC(C)(C)C)NC(=O)NCc4ccccc4)c3)s2)C(=O)OC(C)(C)C)c(C)c1. The number of hydrogen-bond donors (Lipinski definition) is 5. The van der Waals surface area contributed by atoms with Crippen LogP contribution in [0.5, 0.6) is 0 Å². The van der Waals surface area contributed by atoms with Crippen LogP contribution >= 0.6 is 11.3 Å². The van der Waals surface area contributed by atoms with Gasteiger partial charge in [-0.25, -0.2) is 18.0 Å². The summed E-state index contributed by atoms with van der Waals surface area (Å²) in [6, 6.07) is 21.1. The van der Waals surface area contributed by atoms with Crippen molar-refractivity contribution >= 4 is 57.0 Å². The monoisotopic (exact) mass is 818 g/mol. The average molecular weight is 819 g/mol. The van der Waals surface area contributed by atoms with Crippen molar-refractivity contribution in [3.8, 4) is 10.4 Å². The molecule has 5 N–H and O–H groups in total. The molecule has 0 radical (unpaired) electrons.